The first-order valence-electron chi connectivity index (χ1n) is 8.19. The maximum atomic E-state index is 12.2. The zero-order valence-electron chi connectivity index (χ0n) is 13.9. The van der Waals surface area contributed by atoms with Crippen LogP contribution in [0.2, 0.25) is 0 Å². The van der Waals surface area contributed by atoms with Gasteiger partial charge >= 0.3 is 5.97 Å². The van der Waals surface area contributed by atoms with Crippen molar-refractivity contribution < 1.29 is 9.53 Å². The van der Waals surface area contributed by atoms with Crippen LogP contribution < -0.4 is 5.32 Å². The highest BCUT2D eigenvalue weighted by molar-refractivity contribution is 5.80. The van der Waals surface area contributed by atoms with Crippen molar-refractivity contribution in [2.45, 2.75) is 32.4 Å². The molecule has 23 heavy (non-hydrogen) atoms. The van der Waals surface area contributed by atoms with Gasteiger partial charge in [0.15, 0.2) is 0 Å². The van der Waals surface area contributed by atoms with Gasteiger partial charge in [-0.2, -0.15) is 0 Å². The molecular weight excluding hydrogens is 286 g/mol. The second kappa shape index (κ2) is 6.55. The Bertz CT molecular complexity index is 665. The zero-order valence-corrected chi connectivity index (χ0v) is 13.9. The molecule has 0 fully saturated rings. The summed E-state index contributed by atoms with van der Waals surface area (Å²) < 4.78 is 5.02. The van der Waals surface area contributed by atoms with Gasteiger partial charge in [0.1, 0.15) is 6.04 Å². The number of fused-ring (bicyclic) bond motifs is 3. The Morgan fingerprint density at radius 3 is 2.09 bits per heavy atom. The van der Waals surface area contributed by atoms with E-state index in [1.54, 1.807) is 0 Å². The predicted octanol–water partition coefficient (Wildman–Crippen LogP) is 3.93. The first-order chi connectivity index (χ1) is 11.2. The van der Waals surface area contributed by atoms with Gasteiger partial charge < -0.3 is 4.74 Å². The lowest BCUT2D eigenvalue weighted by molar-refractivity contribution is -0.144. The molecule has 1 aliphatic rings. The Hall–Kier alpha value is -2.13. The van der Waals surface area contributed by atoms with Crippen molar-refractivity contribution in [2.75, 3.05) is 7.11 Å². The molecule has 2 unspecified atom stereocenters. The van der Waals surface area contributed by atoms with Crippen LogP contribution in [0.25, 0.3) is 11.1 Å². The van der Waals surface area contributed by atoms with Crippen LogP contribution in [0.3, 0.4) is 0 Å². The molecule has 2 aromatic rings. The van der Waals surface area contributed by atoms with E-state index in [-0.39, 0.29) is 24.0 Å². The molecule has 1 N–H and O–H groups in total. The molecule has 0 saturated heterocycles. The highest BCUT2D eigenvalue weighted by Crippen LogP contribution is 2.43. The summed E-state index contributed by atoms with van der Waals surface area (Å²) in [5.74, 6) is 0.0172. The SMILES string of the molecule is CCC(C)C(NC1c2ccccc2-c2ccccc21)C(=O)OC. The van der Waals surface area contributed by atoms with Crippen molar-refractivity contribution in [3.8, 4) is 11.1 Å². The summed E-state index contributed by atoms with van der Waals surface area (Å²) in [6, 6.07) is 16.5. The highest BCUT2D eigenvalue weighted by atomic mass is 16.5. The van der Waals surface area contributed by atoms with Gasteiger partial charge in [-0.05, 0) is 28.2 Å². The van der Waals surface area contributed by atoms with Crippen molar-refractivity contribution in [3.63, 3.8) is 0 Å². The molecule has 2 atom stereocenters. The molecule has 1 aliphatic carbocycles. The van der Waals surface area contributed by atoms with E-state index in [0.717, 1.165) is 6.42 Å². The van der Waals surface area contributed by atoms with E-state index >= 15 is 0 Å². The molecule has 3 rings (SSSR count). The molecule has 0 radical (unpaired) electrons. The van der Waals surface area contributed by atoms with Crippen LogP contribution in [-0.4, -0.2) is 19.1 Å². The fourth-order valence-corrected chi connectivity index (χ4v) is 3.34. The van der Waals surface area contributed by atoms with Crippen molar-refractivity contribution in [1.82, 2.24) is 5.32 Å². The van der Waals surface area contributed by atoms with Crippen molar-refractivity contribution >= 4 is 5.97 Å². The number of esters is 1. The molecule has 0 aromatic heterocycles. The van der Waals surface area contributed by atoms with Crippen molar-refractivity contribution in [3.05, 3.63) is 59.7 Å². The van der Waals surface area contributed by atoms with Crippen LogP contribution in [0.4, 0.5) is 0 Å². The van der Waals surface area contributed by atoms with Gasteiger partial charge in [-0.25, -0.2) is 0 Å². The second-order valence-electron chi connectivity index (χ2n) is 6.16. The normalized spacial score (nSPS) is 15.6. The Labute approximate surface area is 137 Å². The van der Waals surface area contributed by atoms with E-state index in [1.807, 2.05) is 0 Å². The fourth-order valence-electron chi connectivity index (χ4n) is 3.34. The molecule has 3 nitrogen and oxygen atoms in total. The van der Waals surface area contributed by atoms with Crippen LogP contribution in [0.1, 0.15) is 37.4 Å². The van der Waals surface area contributed by atoms with Crippen molar-refractivity contribution in [1.29, 1.82) is 0 Å². The number of carbonyl (C=O) groups is 1. The summed E-state index contributed by atoms with van der Waals surface area (Å²) in [6.07, 6.45) is 0.919. The Balaban J connectivity index is 2.00. The van der Waals surface area contributed by atoms with Gasteiger partial charge in [-0.1, -0.05) is 68.8 Å². The number of hydrogen-bond acceptors (Lipinski definition) is 3. The first kappa shape index (κ1) is 15.8. The lowest BCUT2D eigenvalue weighted by Gasteiger charge is -2.26. The summed E-state index contributed by atoms with van der Waals surface area (Å²) in [7, 11) is 1.45. The number of rotatable bonds is 5. The number of ether oxygens (including phenoxy) is 1. The maximum absolute atomic E-state index is 12.2. The quantitative estimate of drug-likeness (QED) is 0.850. The van der Waals surface area contributed by atoms with Gasteiger partial charge in [-0.3, -0.25) is 10.1 Å². The number of carbonyl (C=O) groups excluding carboxylic acids is 1. The van der Waals surface area contributed by atoms with Crippen LogP contribution in [0.5, 0.6) is 0 Å². The van der Waals surface area contributed by atoms with Gasteiger partial charge in [0.05, 0.1) is 13.2 Å². The number of hydrogen-bond donors (Lipinski definition) is 1. The molecular formula is C20H23NO2. The minimum absolute atomic E-state index is 0.0282. The Morgan fingerprint density at radius 2 is 1.61 bits per heavy atom. The number of benzene rings is 2. The highest BCUT2D eigenvalue weighted by Gasteiger charge is 2.33. The topological polar surface area (TPSA) is 38.3 Å². The van der Waals surface area contributed by atoms with E-state index < -0.39 is 0 Å². The van der Waals surface area contributed by atoms with Crippen molar-refractivity contribution in [2.24, 2.45) is 5.92 Å². The average molecular weight is 309 g/mol. The minimum Gasteiger partial charge on any atom is -0.468 e. The third kappa shape index (κ3) is 2.77. The fraction of sp³-hybridized carbons (Fsp3) is 0.350. The molecule has 0 aliphatic heterocycles. The zero-order chi connectivity index (χ0) is 16.4. The lowest BCUT2D eigenvalue weighted by Crippen LogP contribution is -2.44. The molecule has 120 valence electrons. The Kier molecular flexibility index (Phi) is 4.49. The summed E-state index contributed by atoms with van der Waals surface area (Å²) in [6.45, 7) is 4.18. The number of nitrogens with one attached hydrogen (secondary N) is 1. The third-order valence-corrected chi connectivity index (χ3v) is 4.85. The second-order valence-corrected chi connectivity index (χ2v) is 6.16. The van der Waals surface area contributed by atoms with Gasteiger partial charge in [0.2, 0.25) is 0 Å². The molecule has 3 heteroatoms. The summed E-state index contributed by atoms with van der Waals surface area (Å²) >= 11 is 0. The largest absolute Gasteiger partial charge is 0.468 e. The third-order valence-electron chi connectivity index (χ3n) is 4.85. The van der Waals surface area contributed by atoms with E-state index in [9.17, 15) is 4.79 Å². The lowest BCUT2D eigenvalue weighted by atomic mass is 9.96. The standard InChI is InChI=1S/C20H23NO2/c1-4-13(2)18(20(22)23-3)21-19-16-11-7-5-9-14(16)15-10-6-8-12-17(15)19/h5-13,18-19,21H,4H2,1-3H3. The summed E-state index contributed by atoms with van der Waals surface area (Å²) in [5.41, 5.74) is 4.94. The van der Waals surface area contributed by atoms with Gasteiger partial charge in [-0.15, -0.1) is 0 Å². The monoisotopic (exact) mass is 309 g/mol. The van der Waals surface area contributed by atoms with Crippen LogP contribution >= 0.6 is 0 Å². The van der Waals surface area contributed by atoms with Gasteiger partial charge in [0.25, 0.3) is 0 Å². The molecule has 0 heterocycles. The summed E-state index contributed by atoms with van der Waals surface area (Å²) in [4.78, 5) is 12.2. The Morgan fingerprint density at radius 1 is 1.09 bits per heavy atom. The van der Waals surface area contributed by atoms with E-state index in [4.69, 9.17) is 4.74 Å². The molecule has 0 bridgehead atoms. The van der Waals surface area contributed by atoms with E-state index in [0.29, 0.717) is 0 Å². The predicted molar refractivity (Wildman–Crippen MR) is 92.1 cm³/mol. The van der Waals surface area contributed by atoms with E-state index in [1.165, 1.54) is 29.4 Å². The first-order valence-corrected chi connectivity index (χ1v) is 8.19. The smallest absolute Gasteiger partial charge is 0.323 e. The maximum Gasteiger partial charge on any atom is 0.323 e. The van der Waals surface area contributed by atoms with Crippen LogP contribution in [0.15, 0.2) is 48.5 Å². The molecule has 2 aromatic carbocycles. The minimum atomic E-state index is -0.311. The molecule has 0 saturated carbocycles. The molecule has 0 amide bonds. The number of methoxy groups -OCH3 is 1. The summed E-state index contributed by atoms with van der Waals surface area (Å²) in [5, 5.41) is 3.56. The molecule has 0 spiro atoms. The average Bonchev–Trinajstić information content (AvgIpc) is 2.92. The van der Waals surface area contributed by atoms with Crippen LogP contribution in [-0.2, 0) is 9.53 Å². The van der Waals surface area contributed by atoms with Gasteiger partial charge in [0, 0.05) is 0 Å². The van der Waals surface area contributed by atoms with E-state index in [2.05, 4.69) is 67.7 Å². The van der Waals surface area contributed by atoms with Crippen LogP contribution in [0, 0.1) is 5.92 Å².